The zero-order valence-corrected chi connectivity index (χ0v) is 14.0. The zero-order valence-electron chi connectivity index (χ0n) is 11.6. The predicted molar refractivity (Wildman–Crippen MR) is 84.1 cm³/mol. The highest BCUT2D eigenvalue weighted by Gasteiger charge is 2.17. The quantitative estimate of drug-likeness (QED) is 0.928. The van der Waals surface area contributed by atoms with E-state index < -0.39 is 15.7 Å². The maximum Gasteiger partial charge on any atom is 0.255 e. The van der Waals surface area contributed by atoms with Crippen molar-refractivity contribution in [1.29, 1.82) is 0 Å². The van der Waals surface area contributed by atoms with E-state index in [1.807, 2.05) is 6.92 Å². The van der Waals surface area contributed by atoms with E-state index in [-0.39, 0.29) is 15.5 Å². The van der Waals surface area contributed by atoms with Gasteiger partial charge in [0.05, 0.1) is 21.3 Å². The van der Waals surface area contributed by atoms with Gasteiger partial charge in [-0.3, -0.25) is 4.79 Å². The van der Waals surface area contributed by atoms with Gasteiger partial charge in [-0.15, -0.1) is 0 Å². The molecule has 0 unspecified atom stereocenters. The molecule has 112 valence electrons. The molecule has 0 fully saturated rings. The Hall–Kier alpha value is -1.44. The monoisotopic (exact) mass is 344 g/mol. The molecule has 2 rings (SSSR count). The van der Waals surface area contributed by atoms with Crippen molar-refractivity contribution in [3.05, 3.63) is 39.4 Å². The molecule has 0 saturated carbocycles. The molecular weight excluding hydrogens is 332 g/mol. The summed E-state index contributed by atoms with van der Waals surface area (Å²) in [5.41, 5.74) is 1.61. The van der Waals surface area contributed by atoms with E-state index in [1.165, 1.54) is 29.7 Å². The number of anilines is 1. The van der Waals surface area contributed by atoms with E-state index in [4.69, 9.17) is 11.6 Å². The second kappa shape index (κ2) is 5.75. The fraction of sp³-hybridized carbons (Fsp3) is 0.231. The second-order valence-electron chi connectivity index (χ2n) is 4.57. The van der Waals surface area contributed by atoms with Crippen molar-refractivity contribution in [2.75, 3.05) is 11.6 Å². The minimum absolute atomic E-state index is 0.0614. The lowest BCUT2D eigenvalue weighted by molar-refractivity contribution is 0.102. The Kier molecular flexibility index (Phi) is 4.36. The van der Waals surface area contributed by atoms with Crippen molar-refractivity contribution in [3.8, 4) is 0 Å². The Labute approximate surface area is 132 Å². The smallest absolute Gasteiger partial charge is 0.255 e. The molecule has 0 saturated heterocycles. The number of halogens is 1. The molecule has 0 radical (unpaired) electrons. The zero-order chi connectivity index (χ0) is 15.8. The Morgan fingerprint density at radius 2 is 2.00 bits per heavy atom. The first-order chi connectivity index (χ1) is 9.70. The van der Waals surface area contributed by atoms with Crippen LogP contribution in [-0.4, -0.2) is 25.0 Å². The lowest BCUT2D eigenvalue weighted by atomic mass is 10.2. The summed E-state index contributed by atoms with van der Waals surface area (Å²) in [6.45, 7) is 3.65. The topological polar surface area (TPSA) is 76.1 Å². The summed E-state index contributed by atoms with van der Waals surface area (Å²) in [6, 6.07) is 4.16. The lowest BCUT2D eigenvalue weighted by Gasteiger charge is -2.08. The number of nitrogens with one attached hydrogen (secondary N) is 1. The van der Waals surface area contributed by atoms with Crippen LogP contribution in [0.25, 0.3) is 0 Å². The van der Waals surface area contributed by atoms with Crippen molar-refractivity contribution in [1.82, 2.24) is 4.37 Å². The number of sulfone groups is 1. The van der Waals surface area contributed by atoms with Gasteiger partial charge in [0.25, 0.3) is 5.91 Å². The number of hydrogen-bond donors (Lipinski definition) is 1. The molecule has 2 aromatic rings. The first kappa shape index (κ1) is 15.9. The molecule has 0 aliphatic heterocycles. The number of amides is 1. The number of benzene rings is 1. The van der Waals surface area contributed by atoms with Crippen molar-refractivity contribution < 1.29 is 13.2 Å². The molecule has 21 heavy (non-hydrogen) atoms. The molecule has 0 spiro atoms. The van der Waals surface area contributed by atoms with Gasteiger partial charge in [-0.25, -0.2) is 8.42 Å². The van der Waals surface area contributed by atoms with Gasteiger partial charge in [0.15, 0.2) is 9.84 Å². The van der Waals surface area contributed by atoms with Crippen molar-refractivity contribution in [3.63, 3.8) is 0 Å². The second-order valence-corrected chi connectivity index (χ2v) is 7.94. The van der Waals surface area contributed by atoms with E-state index in [1.54, 1.807) is 6.92 Å². The van der Waals surface area contributed by atoms with E-state index in [9.17, 15) is 13.2 Å². The van der Waals surface area contributed by atoms with E-state index >= 15 is 0 Å². The van der Waals surface area contributed by atoms with Crippen LogP contribution in [0.3, 0.4) is 0 Å². The van der Waals surface area contributed by atoms with Crippen molar-refractivity contribution in [2.45, 2.75) is 18.7 Å². The SMILES string of the molecule is Cc1nsc(C)c1NC(=O)c1ccc(Cl)c(S(C)(=O)=O)c1. The van der Waals surface area contributed by atoms with Gasteiger partial charge in [-0.05, 0) is 43.6 Å². The summed E-state index contributed by atoms with van der Waals surface area (Å²) in [5.74, 6) is -0.400. The van der Waals surface area contributed by atoms with Gasteiger partial charge >= 0.3 is 0 Å². The average molecular weight is 345 g/mol. The highest BCUT2D eigenvalue weighted by molar-refractivity contribution is 7.90. The number of carbonyl (C=O) groups is 1. The number of carbonyl (C=O) groups excluding carboxylic acids is 1. The van der Waals surface area contributed by atoms with E-state index in [0.717, 1.165) is 16.8 Å². The fourth-order valence-electron chi connectivity index (χ4n) is 1.78. The normalized spacial score (nSPS) is 11.4. The summed E-state index contributed by atoms with van der Waals surface area (Å²) < 4.78 is 27.4. The van der Waals surface area contributed by atoms with Crippen LogP contribution in [0.4, 0.5) is 5.69 Å². The maximum atomic E-state index is 12.2. The van der Waals surface area contributed by atoms with Crippen LogP contribution in [0.15, 0.2) is 23.1 Å². The van der Waals surface area contributed by atoms with E-state index in [0.29, 0.717) is 5.69 Å². The fourth-order valence-corrected chi connectivity index (χ4v) is 3.73. The third-order valence-electron chi connectivity index (χ3n) is 2.86. The number of aryl methyl sites for hydroxylation is 2. The average Bonchev–Trinajstić information content (AvgIpc) is 2.69. The van der Waals surface area contributed by atoms with Crippen LogP contribution < -0.4 is 5.32 Å². The molecule has 5 nitrogen and oxygen atoms in total. The molecule has 8 heteroatoms. The number of nitrogens with zero attached hydrogens (tertiary/aromatic N) is 1. The number of hydrogen-bond acceptors (Lipinski definition) is 5. The summed E-state index contributed by atoms with van der Waals surface area (Å²) >= 11 is 7.16. The van der Waals surface area contributed by atoms with Crippen LogP contribution in [0.2, 0.25) is 5.02 Å². The van der Waals surface area contributed by atoms with Crippen LogP contribution in [0.5, 0.6) is 0 Å². The largest absolute Gasteiger partial charge is 0.319 e. The molecule has 1 heterocycles. The minimum atomic E-state index is -3.49. The molecule has 1 N–H and O–H groups in total. The van der Waals surface area contributed by atoms with Gasteiger partial charge in [-0.2, -0.15) is 4.37 Å². The van der Waals surface area contributed by atoms with Crippen molar-refractivity contribution >= 4 is 44.6 Å². The third kappa shape index (κ3) is 3.42. The van der Waals surface area contributed by atoms with Crippen LogP contribution >= 0.6 is 23.1 Å². The molecule has 0 aliphatic rings. The summed E-state index contributed by atoms with van der Waals surface area (Å²) in [5, 5.41) is 2.84. The van der Waals surface area contributed by atoms with Gasteiger partial charge in [-0.1, -0.05) is 11.6 Å². The highest BCUT2D eigenvalue weighted by Crippen LogP contribution is 2.26. The summed E-state index contributed by atoms with van der Waals surface area (Å²) in [7, 11) is -3.49. The van der Waals surface area contributed by atoms with Crippen LogP contribution in [0.1, 0.15) is 20.9 Å². The van der Waals surface area contributed by atoms with Crippen LogP contribution in [0, 0.1) is 13.8 Å². The molecule has 0 bridgehead atoms. The summed E-state index contributed by atoms with van der Waals surface area (Å²) in [4.78, 5) is 13.1. The first-order valence-corrected chi connectivity index (χ1v) is 8.98. The molecular formula is C13H13ClN2O3S2. The Bertz CT molecular complexity index is 793. The first-order valence-electron chi connectivity index (χ1n) is 5.94. The van der Waals surface area contributed by atoms with Gasteiger partial charge < -0.3 is 5.32 Å². The Balaban J connectivity index is 2.37. The molecule has 1 aromatic carbocycles. The number of aromatic nitrogens is 1. The molecule has 0 aliphatic carbocycles. The molecule has 1 aromatic heterocycles. The minimum Gasteiger partial charge on any atom is -0.319 e. The lowest BCUT2D eigenvalue weighted by Crippen LogP contribution is -2.13. The molecule has 0 atom stereocenters. The Morgan fingerprint density at radius 1 is 1.33 bits per heavy atom. The standard InChI is InChI=1S/C13H13ClN2O3S2/c1-7-12(8(2)20-16-7)15-13(17)9-4-5-10(14)11(6-9)21(3,18)19/h4-6H,1-3H3,(H,15,17). The van der Waals surface area contributed by atoms with E-state index in [2.05, 4.69) is 9.69 Å². The Morgan fingerprint density at radius 3 is 2.52 bits per heavy atom. The van der Waals surface area contributed by atoms with Crippen molar-refractivity contribution in [2.24, 2.45) is 0 Å². The van der Waals surface area contributed by atoms with Crippen LogP contribution in [-0.2, 0) is 9.84 Å². The third-order valence-corrected chi connectivity index (χ3v) is 5.29. The molecule has 1 amide bonds. The number of rotatable bonds is 3. The summed E-state index contributed by atoms with van der Waals surface area (Å²) in [6.07, 6.45) is 1.05. The predicted octanol–water partition coefficient (Wildman–Crippen LogP) is 3.07. The maximum absolute atomic E-state index is 12.2. The van der Waals surface area contributed by atoms with Gasteiger partial charge in [0.1, 0.15) is 0 Å². The van der Waals surface area contributed by atoms with Gasteiger partial charge in [0.2, 0.25) is 0 Å². The van der Waals surface area contributed by atoms with Gasteiger partial charge in [0, 0.05) is 16.7 Å². The highest BCUT2D eigenvalue weighted by atomic mass is 35.5.